The SMILES string of the molecule is C/C(=C\CC/C(C)=C/CC[C@@H]1[C@]2(C)CC[C@H](O)C(C)(C)[C@@H]2CC[C@@]1(C)O)CC/C=C(\C)C(=O)O. The third-order valence-electron chi connectivity index (χ3n) is 9.30. The normalized spacial score (nSPS) is 34.6. The molecule has 0 amide bonds. The number of allylic oxidation sites excluding steroid dienone is 5. The molecule has 0 saturated heterocycles. The van der Waals surface area contributed by atoms with Crippen LogP contribution in [0.15, 0.2) is 34.9 Å². The van der Waals surface area contributed by atoms with Crippen molar-refractivity contribution in [1.29, 1.82) is 0 Å². The lowest BCUT2D eigenvalue weighted by molar-refractivity contribution is -0.195. The van der Waals surface area contributed by atoms with Crippen molar-refractivity contribution in [3.8, 4) is 0 Å². The van der Waals surface area contributed by atoms with Crippen molar-refractivity contribution in [2.45, 2.75) is 124 Å². The fraction of sp³-hybridized carbons (Fsp3) is 0.767. The average Bonchev–Trinajstić information content (AvgIpc) is 2.72. The molecule has 2 saturated carbocycles. The van der Waals surface area contributed by atoms with Gasteiger partial charge < -0.3 is 15.3 Å². The maximum Gasteiger partial charge on any atom is 0.330 e. The molecule has 0 radical (unpaired) electrons. The number of carboxylic acid groups (broad SMARTS) is 1. The van der Waals surface area contributed by atoms with Crippen LogP contribution < -0.4 is 0 Å². The molecule has 0 unspecified atom stereocenters. The highest BCUT2D eigenvalue weighted by Crippen LogP contribution is 2.62. The summed E-state index contributed by atoms with van der Waals surface area (Å²) in [6, 6.07) is 0. The van der Waals surface area contributed by atoms with E-state index in [2.05, 4.69) is 46.8 Å². The van der Waals surface area contributed by atoms with E-state index in [-0.39, 0.29) is 22.9 Å². The fourth-order valence-corrected chi connectivity index (χ4v) is 7.01. The molecule has 2 fully saturated rings. The Labute approximate surface area is 208 Å². The lowest BCUT2D eigenvalue weighted by atomic mass is 9.44. The largest absolute Gasteiger partial charge is 0.478 e. The van der Waals surface area contributed by atoms with Crippen LogP contribution in [0.3, 0.4) is 0 Å². The van der Waals surface area contributed by atoms with Crippen molar-refractivity contribution < 1.29 is 20.1 Å². The summed E-state index contributed by atoms with van der Waals surface area (Å²) in [5.74, 6) is -0.147. The molecule has 2 rings (SSSR count). The van der Waals surface area contributed by atoms with Crippen LogP contribution in [0.4, 0.5) is 0 Å². The van der Waals surface area contributed by atoms with Crippen molar-refractivity contribution >= 4 is 5.97 Å². The van der Waals surface area contributed by atoms with Crippen molar-refractivity contribution in [2.75, 3.05) is 0 Å². The van der Waals surface area contributed by atoms with E-state index in [0.29, 0.717) is 11.5 Å². The van der Waals surface area contributed by atoms with E-state index in [0.717, 1.165) is 64.2 Å². The summed E-state index contributed by atoms with van der Waals surface area (Å²) in [7, 11) is 0. The summed E-state index contributed by atoms with van der Waals surface area (Å²) >= 11 is 0. The molecule has 0 heterocycles. The van der Waals surface area contributed by atoms with Crippen molar-refractivity contribution in [3.05, 3.63) is 34.9 Å². The first-order valence-electron chi connectivity index (χ1n) is 13.3. The third kappa shape index (κ3) is 6.85. The van der Waals surface area contributed by atoms with Crippen LogP contribution in [0.25, 0.3) is 0 Å². The molecule has 0 aromatic rings. The molecular formula is C30H50O4. The smallest absolute Gasteiger partial charge is 0.330 e. The highest BCUT2D eigenvalue weighted by Gasteiger charge is 2.59. The minimum absolute atomic E-state index is 0.0690. The second-order valence-corrected chi connectivity index (χ2v) is 12.3. The molecule has 0 bridgehead atoms. The van der Waals surface area contributed by atoms with E-state index >= 15 is 0 Å². The Kier molecular flexibility index (Phi) is 9.81. The quantitative estimate of drug-likeness (QED) is 0.231. The number of aliphatic hydroxyl groups excluding tert-OH is 1. The van der Waals surface area contributed by atoms with E-state index in [1.165, 1.54) is 11.1 Å². The number of rotatable bonds is 10. The van der Waals surface area contributed by atoms with Crippen LogP contribution in [0.5, 0.6) is 0 Å². The number of carboxylic acids is 1. The van der Waals surface area contributed by atoms with E-state index in [4.69, 9.17) is 5.11 Å². The molecule has 5 atom stereocenters. The second-order valence-electron chi connectivity index (χ2n) is 12.3. The van der Waals surface area contributed by atoms with Gasteiger partial charge in [-0.2, -0.15) is 0 Å². The second kappa shape index (κ2) is 11.6. The maximum absolute atomic E-state index is 11.4. The van der Waals surface area contributed by atoms with Gasteiger partial charge in [0, 0.05) is 5.57 Å². The van der Waals surface area contributed by atoms with Crippen LogP contribution >= 0.6 is 0 Å². The predicted molar refractivity (Wildman–Crippen MR) is 141 cm³/mol. The van der Waals surface area contributed by atoms with Gasteiger partial charge in [-0.15, -0.1) is 0 Å². The average molecular weight is 475 g/mol. The zero-order chi connectivity index (χ0) is 25.7. The Morgan fingerprint density at radius 1 is 0.882 bits per heavy atom. The number of carbonyl (C=O) groups is 1. The minimum atomic E-state index is -0.841. The first-order chi connectivity index (χ1) is 15.7. The van der Waals surface area contributed by atoms with Gasteiger partial charge in [-0.1, -0.05) is 50.1 Å². The van der Waals surface area contributed by atoms with Gasteiger partial charge in [0.1, 0.15) is 0 Å². The van der Waals surface area contributed by atoms with Gasteiger partial charge in [-0.25, -0.2) is 4.79 Å². The van der Waals surface area contributed by atoms with Crippen LogP contribution in [-0.4, -0.2) is 33.0 Å². The van der Waals surface area contributed by atoms with Gasteiger partial charge in [0.15, 0.2) is 0 Å². The lowest BCUT2D eigenvalue weighted by Gasteiger charge is -2.62. The third-order valence-corrected chi connectivity index (χ3v) is 9.30. The van der Waals surface area contributed by atoms with Crippen LogP contribution in [-0.2, 0) is 4.79 Å². The number of aliphatic carboxylic acids is 1. The number of hydrogen-bond acceptors (Lipinski definition) is 3. The Hall–Kier alpha value is -1.39. The topological polar surface area (TPSA) is 77.8 Å². The van der Waals surface area contributed by atoms with E-state index in [1.807, 2.05) is 6.92 Å². The molecule has 34 heavy (non-hydrogen) atoms. The Morgan fingerprint density at radius 3 is 2.03 bits per heavy atom. The van der Waals surface area contributed by atoms with Gasteiger partial charge in [0.2, 0.25) is 0 Å². The summed E-state index contributed by atoms with van der Waals surface area (Å²) in [4.78, 5) is 10.9. The van der Waals surface area contributed by atoms with Crippen molar-refractivity contribution in [2.24, 2.45) is 22.7 Å². The molecule has 2 aliphatic rings. The summed E-state index contributed by atoms with van der Waals surface area (Å²) in [6.07, 6.45) is 15.5. The van der Waals surface area contributed by atoms with Gasteiger partial charge in [-0.3, -0.25) is 0 Å². The van der Waals surface area contributed by atoms with E-state index < -0.39 is 11.6 Å². The molecule has 4 nitrogen and oxygen atoms in total. The van der Waals surface area contributed by atoms with Crippen molar-refractivity contribution in [3.63, 3.8) is 0 Å². The van der Waals surface area contributed by atoms with Gasteiger partial charge in [0.05, 0.1) is 11.7 Å². The van der Waals surface area contributed by atoms with Gasteiger partial charge in [0.25, 0.3) is 0 Å². The van der Waals surface area contributed by atoms with Gasteiger partial charge >= 0.3 is 5.97 Å². The Balaban J connectivity index is 1.91. The Bertz CT molecular complexity index is 801. The molecule has 0 aromatic carbocycles. The highest BCUT2D eigenvalue weighted by molar-refractivity contribution is 5.85. The van der Waals surface area contributed by atoms with Gasteiger partial charge in [-0.05, 0) is 115 Å². The summed E-state index contributed by atoms with van der Waals surface area (Å²) in [6.45, 7) is 14.8. The van der Waals surface area contributed by atoms with Crippen LogP contribution in [0, 0.1) is 22.7 Å². The molecule has 2 aliphatic carbocycles. The first kappa shape index (κ1) is 28.8. The van der Waals surface area contributed by atoms with Crippen LogP contribution in [0.1, 0.15) is 113 Å². The van der Waals surface area contributed by atoms with Crippen molar-refractivity contribution in [1.82, 2.24) is 0 Å². The number of fused-ring (bicyclic) bond motifs is 1. The van der Waals surface area contributed by atoms with Crippen LogP contribution in [0.2, 0.25) is 0 Å². The minimum Gasteiger partial charge on any atom is -0.478 e. The lowest BCUT2D eigenvalue weighted by Crippen LogP contribution is -2.60. The predicted octanol–water partition coefficient (Wildman–Crippen LogP) is 7.21. The summed E-state index contributed by atoms with van der Waals surface area (Å²) < 4.78 is 0. The monoisotopic (exact) mass is 474 g/mol. The molecule has 194 valence electrons. The fourth-order valence-electron chi connectivity index (χ4n) is 7.01. The Morgan fingerprint density at radius 2 is 1.44 bits per heavy atom. The van der Waals surface area contributed by atoms with E-state index in [1.54, 1.807) is 13.0 Å². The first-order valence-corrected chi connectivity index (χ1v) is 13.3. The molecule has 0 aliphatic heterocycles. The zero-order valence-corrected chi connectivity index (χ0v) is 22.8. The van der Waals surface area contributed by atoms with E-state index in [9.17, 15) is 15.0 Å². The molecular weight excluding hydrogens is 424 g/mol. The molecule has 0 spiro atoms. The summed E-state index contributed by atoms with van der Waals surface area (Å²) in [5, 5.41) is 30.9. The number of hydrogen-bond donors (Lipinski definition) is 3. The highest BCUT2D eigenvalue weighted by atomic mass is 16.4. The maximum atomic E-state index is 11.4. The summed E-state index contributed by atoms with van der Waals surface area (Å²) in [5.41, 5.74) is 2.44. The molecule has 3 N–H and O–H groups in total. The molecule has 0 aromatic heterocycles. The molecule has 4 heteroatoms. The standard InChI is InChI=1S/C30H50O4/c1-21(13-9-15-23(3)27(32)33)11-8-12-22(2)14-10-16-25-29(6)19-18-26(31)28(4,5)24(29)17-20-30(25,7)34/h11,14-15,24-26,31,34H,8-10,12-13,16-20H2,1-7H3,(H,32,33)/b21-11+,22-14+,23-15+/t24-,25+,26-,29+,30+/m0/s1. The number of aliphatic hydroxyl groups is 2. The zero-order valence-electron chi connectivity index (χ0n) is 22.8.